The highest BCUT2D eigenvalue weighted by molar-refractivity contribution is 7.14. The molecule has 3 aromatic rings. The van der Waals surface area contributed by atoms with Crippen LogP contribution in [0.15, 0.2) is 71.1 Å². The van der Waals surface area contributed by atoms with Crippen LogP contribution >= 0.6 is 22.7 Å². The topological polar surface area (TPSA) is 96.7 Å². The third-order valence-corrected chi connectivity index (χ3v) is 7.85. The van der Waals surface area contributed by atoms with Crippen LogP contribution in [0.25, 0.3) is 30.4 Å². The standard InChI is InChI=1S/C31H25N5OS2/c1-31(2)28(27(19-34)30(37-31)22(17-32)18-33)15-14-25-11-10-24(38-25)12-13-26-20-35-29(39-26)16-7-21-5-8-23(9-6-21)36(3)4/h5-16,20H,1-4H3/b13-12+,15-14+,16-7+. The SMILES string of the molecule is CN(C)c1ccc(/C=C/c2ncc(/C=C/c3ccc(/C=C/C4=C(C#N)C(=C(C#N)C#N)OC4(C)C)s3)s2)cc1. The van der Waals surface area contributed by atoms with Gasteiger partial charge in [-0.2, -0.15) is 15.8 Å². The summed E-state index contributed by atoms with van der Waals surface area (Å²) < 4.78 is 5.82. The zero-order valence-electron chi connectivity index (χ0n) is 22.0. The van der Waals surface area contributed by atoms with Gasteiger partial charge in [-0.25, -0.2) is 4.98 Å². The van der Waals surface area contributed by atoms with Gasteiger partial charge < -0.3 is 9.64 Å². The van der Waals surface area contributed by atoms with E-state index in [1.807, 2.05) is 82.7 Å². The molecule has 0 radical (unpaired) electrons. The van der Waals surface area contributed by atoms with E-state index in [0.29, 0.717) is 5.57 Å². The van der Waals surface area contributed by atoms with E-state index in [9.17, 15) is 15.8 Å². The maximum absolute atomic E-state index is 9.69. The fourth-order valence-corrected chi connectivity index (χ4v) is 5.41. The van der Waals surface area contributed by atoms with E-state index in [0.717, 1.165) is 30.9 Å². The molecule has 0 bridgehead atoms. The Morgan fingerprint density at radius 1 is 0.846 bits per heavy atom. The Morgan fingerprint density at radius 2 is 1.49 bits per heavy atom. The summed E-state index contributed by atoms with van der Waals surface area (Å²) in [6.45, 7) is 3.62. The van der Waals surface area contributed by atoms with Crippen molar-refractivity contribution in [2.75, 3.05) is 19.0 Å². The summed E-state index contributed by atoms with van der Waals surface area (Å²) in [6.07, 6.45) is 13.8. The Morgan fingerprint density at radius 3 is 2.10 bits per heavy atom. The zero-order valence-corrected chi connectivity index (χ0v) is 23.6. The molecule has 0 aliphatic carbocycles. The second-order valence-corrected chi connectivity index (χ2v) is 11.5. The number of nitriles is 3. The van der Waals surface area contributed by atoms with Gasteiger partial charge in [-0.15, -0.1) is 22.7 Å². The van der Waals surface area contributed by atoms with Gasteiger partial charge in [0.25, 0.3) is 0 Å². The molecule has 0 fully saturated rings. The lowest BCUT2D eigenvalue weighted by Crippen LogP contribution is -2.20. The number of ether oxygens (including phenoxy) is 1. The third-order valence-electron chi connectivity index (χ3n) is 5.91. The molecule has 1 aromatic carbocycles. The number of anilines is 1. The molecule has 39 heavy (non-hydrogen) atoms. The van der Waals surface area contributed by atoms with Crippen LogP contribution in [0.1, 0.15) is 39.0 Å². The van der Waals surface area contributed by atoms with Gasteiger partial charge in [0.15, 0.2) is 11.3 Å². The Bertz CT molecular complexity index is 1640. The van der Waals surface area contributed by atoms with Gasteiger partial charge in [-0.05, 0) is 68.0 Å². The number of thiophene rings is 1. The number of rotatable bonds is 7. The summed E-state index contributed by atoms with van der Waals surface area (Å²) in [5.41, 5.74) is 2.10. The molecular formula is C31H25N5OS2. The van der Waals surface area contributed by atoms with Crippen LogP contribution < -0.4 is 4.90 Å². The molecule has 0 saturated heterocycles. The quantitative estimate of drug-likeness (QED) is 0.283. The van der Waals surface area contributed by atoms with E-state index in [4.69, 9.17) is 4.74 Å². The average molecular weight is 548 g/mol. The van der Waals surface area contributed by atoms with E-state index >= 15 is 0 Å². The number of hydrogen-bond donors (Lipinski definition) is 0. The average Bonchev–Trinajstić information content (AvgIpc) is 3.63. The molecule has 4 rings (SSSR count). The highest BCUT2D eigenvalue weighted by Crippen LogP contribution is 2.40. The molecule has 192 valence electrons. The lowest BCUT2D eigenvalue weighted by molar-refractivity contribution is 0.0954. The van der Waals surface area contributed by atoms with Crippen LogP contribution in [0.4, 0.5) is 5.69 Å². The first kappa shape index (κ1) is 27.4. The summed E-state index contributed by atoms with van der Waals surface area (Å²) >= 11 is 3.23. The van der Waals surface area contributed by atoms with Crippen LogP contribution in [-0.4, -0.2) is 24.7 Å². The van der Waals surface area contributed by atoms with Crippen molar-refractivity contribution < 1.29 is 4.74 Å². The Hall–Kier alpha value is -4.68. The molecule has 1 aliphatic rings. The second kappa shape index (κ2) is 11.8. The molecule has 3 heterocycles. The molecule has 8 heteroatoms. The van der Waals surface area contributed by atoms with Gasteiger partial charge in [-0.3, -0.25) is 0 Å². The van der Waals surface area contributed by atoms with Crippen molar-refractivity contribution in [2.45, 2.75) is 19.4 Å². The molecular weight excluding hydrogens is 523 g/mol. The highest BCUT2D eigenvalue weighted by Gasteiger charge is 2.38. The highest BCUT2D eigenvalue weighted by atomic mass is 32.1. The van der Waals surface area contributed by atoms with E-state index in [2.05, 4.69) is 52.4 Å². The Balaban J connectivity index is 1.45. The molecule has 0 spiro atoms. The van der Waals surface area contributed by atoms with E-state index in [1.54, 1.807) is 22.7 Å². The Labute approximate surface area is 236 Å². The largest absolute Gasteiger partial charge is 0.480 e. The number of aromatic nitrogens is 1. The second-order valence-electron chi connectivity index (χ2n) is 9.27. The lowest BCUT2D eigenvalue weighted by atomic mass is 9.94. The summed E-state index contributed by atoms with van der Waals surface area (Å²) in [6, 6.07) is 18.1. The van der Waals surface area contributed by atoms with Gasteiger partial charge >= 0.3 is 0 Å². The minimum atomic E-state index is -0.830. The summed E-state index contributed by atoms with van der Waals surface area (Å²) in [7, 11) is 4.05. The Kier molecular flexibility index (Phi) is 8.27. The van der Waals surface area contributed by atoms with Gasteiger partial charge in [0.05, 0.1) is 0 Å². The minimum Gasteiger partial charge on any atom is -0.480 e. The molecule has 2 aromatic heterocycles. The number of allylic oxidation sites excluding steroid dienone is 2. The van der Waals surface area contributed by atoms with E-state index < -0.39 is 5.60 Å². The first-order valence-corrected chi connectivity index (χ1v) is 13.6. The van der Waals surface area contributed by atoms with Crippen molar-refractivity contribution in [1.82, 2.24) is 4.98 Å². The maximum Gasteiger partial charge on any atom is 0.172 e. The molecule has 1 aliphatic heterocycles. The molecule has 0 N–H and O–H groups in total. The summed E-state index contributed by atoms with van der Waals surface area (Å²) in [4.78, 5) is 9.72. The minimum absolute atomic E-state index is 0.0444. The number of hydrogen-bond acceptors (Lipinski definition) is 8. The predicted octanol–water partition coefficient (Wildman–Crippen LogP) is 7.55. The number of thiazole rings is 1. The van der Waals surface area contributed by atoms with Crippen molar-refractivity contribution in [3.8, 4) is 18.2 Å². The molecule has 0 unspecified atom stereocenters. The van der Waals surface area contributed by atoms with Crippen LogP contribution in [0.5, 0.6) is 0 Å². The van der Waals surface area contributed by atoms with Crippen molar-refractivity contribution in [2.24, 2.45) is 0 Å². The van der Waals surface area contributed by atoms with Gasteiger partial charge in [0.1, 0.15) is 34.4 Å². The van der Waals surface area contributed by atoms with Crippen molar-refractivity contribution >= 4 is 58.7 Å². The van der Waals surface area contributed by atoms with Gasteiger partial charge in [-0.1, -0.05) is 24.3 Å². The van der Waals surface area contributed by atoms with Crippen molar-refractivity contribution in [1.29, 1.82) is 15.8 Å². The maximum atomic E-state index is 9.69. The molecule has 0 amide bonds. The fourth-order valence-electron chi connectivity index (χ4n) is 3.87. The predicted molar refractivity (Wildman–Crippen MR) is 160 cm³/mol. The van der Waals surface area contributed by atoms with E-state index in [1.165, 1.54) is 0 Å². The zero-order chi connectivity index (χ0) is 28.0. The molecule has 0 saturated carbocycles. The summed E-state index contributed by atoms with van der Waals surface area (Å²) in [5, 5.41) is 29.1. The van der Waals surface area contributed by atoms with Gasteiger partial charge in [0.2, 0.25) is 0 Å². The van der Waals surface area contributed by atoms with Crippen molar-refractivity contribution in [3.05, 3.63) is 96.4 Å². The number of nitrogens with zero attached hydrogens (tertiary/aromatic N) is 5. The monoisotopic (exact) mass is 547 g/mol. The van der Waals surface area contributed by atoms with Crippen LogP contribution in [0, 0.1) is 34.0 Å². The van der Waals surface area contributed by atoms with Crippen LogP contribution in [0.2, 0.25) is 0 Å². The smallest absolute Gasteiger partial charge is 0.172 e. The van der Waals surface area contributed by atoms with E-state index in [-0.39, 0.29) is 16.9 Å². The summed E-state index contributed by atoms with van der Waals surface area (Å²) in [5.74, 6) is 0.0444. The fraction of sp³-hybridized carbons (Fsp3) is 0.161. The number of benzene rings is 1. The van der Waals surface area contributed by atoms with Crippen molar-refractivity contribution in [3.63, 3.8) is 0 Å². The first-order chi connectivity index (χ1) is 18.7. The third kappa shape index (κ3) is 6.43. The first-order valence-electron chi connectivity index (χ1n) is 12.0. The normalized spacial score (nSPS) is 14.5. The van der Waals surface area contributed by atoms with Crippen LogP contribution in [-0.2, 0) is 4.74 Å². The molecule has 6 nitrogen and oxygen atoms in total. The van der Waals surface area contributed by atoms with Gasteiger partial charge in [0, 0.05) is 46.2 Å². The van der Waals surface area contributed by atoms with Crippen LogP contribution in [0.3, 0.4) is 0 Å². The lowest BCUT2D eigenvalue weighted by Gasteiger charge is -2.20. The molecule has 0 atom stereocenters.